The molecule has 0 saturated heterocycles. The lowest BCUT2D eigenvalue weighted by atomic mass is 10.2. The van der Waals surface area contributed by atoms with E-state index in [0.29, 0.717) is 39.5 Å². The zero-order valence-corrected chi connectivity index (χ0v) is 9.48. The minimum Gasteiger partial charge on any atom is -0.391 e. The highest BCUT2D eigenvalue weighted by atomic mass is 16.5. The Morgan fingerprint density at radius 3 is 2.53 bits per heavy atom. The van der Waals surface area contributed by atoms with Crippen molar-refractivity contribution < 1.29 is 19.3 Å². The van der Waals surface area contributed by atoms with E-state index in [2.05, 4.69) is 6.58 Å². The first kappa shape index (κ1) is 14.6. The van der Waals surface area contributed by atoms with Gasteiger partial charge in [-0.05, 0) is 12.8 Å². The first-order chi connectivity index (χ1) is 7.31. The Balaban J connectivity index is 3.05. The van der Waals surface area contributed by atoms with E-state index in [1.54, 1.807) is 13.2 Å². The summed E-state index contributed by atoms with van der Waals surface area (Å²) in [5, 5.41) is 9.39. The molecular weight excluding hydrogens is 196 g/mol. The quantitative estimate of drug-likeness (QED) is 0.415. The Kier molecular flexibility index (Phi) is 11.3. The van der Waals surface area contributed by atoms with Crippen molar-refractivity contribution in [3.8, 4) is 0 Å². The van der Waals surface area contributed by atoms with E-state index in [0.717, 1.165) is 6.42 Å². The van der Waals surface area contributed by atoms with Gasteiger partial charge in [-0.1, -0.05) is 6.08 Å². The van der Waals surface area contributed by atoms with E-state index >= 15 is 0 Å². The van der Waals surface area contributed by atoms with Gasteiger partial charge in [-0.3, -0.25) is 0 Å². The number of hydrogen-bond acceptors (Lipinski definition) is 4. The van der Waals surface area contributed by atoms with Gasteiger partial charge < -0.3 is 19.3 Å². The number of aliphatic hydroxyl groups is 1. The van der Waals surface area contributed by atoms with Gasteiger partial charge >= 0.3 is 0 Å². The van der Waals surface area contributed by atoms with Crippen LogP contribution in [0.5, 0.6) is 0 Å². The van der Waals surface area contributed by atoms with Crippen LogP contribution in [0.1, 0.15) is 12.8 Å². The van der Waals surface area contributed by atoms with Crippen LogP contribution in [0.3, 0.4) is 0 Å². The van der Waals surface area contributed by atoms with Crippen LogP contribution in [-0.2, 0) is 14.2 Å². The highest BCUT2D eigenvalue weighted by molar-refractivity contribution is 4.68. The van der Waals surface area contributed by atoms with Crippen LogP contribution in [0, 0.1) is 0 Å². The van der Waals surface area contributed by atoms with Crippen LogP contribution >= 0.6 is 0 Å². The third kappa shape index (κ3) is 11.5. The second-order valence-electron chi connectivity index (χ2n) is 3.20. The molecule has 0 heterocycles. The van der Waals surface area contributed by atoms with Crippen LogP contribution in [0.25, 0.3) is 0 Å². The smallest absolute Gasteiger partial charge is 0.0776 e. The zero-order valence-electron chi connectivity index (χ0n) is 9.48. The van der Waals surface area contributed by atoms with E-state index < -0.39 is 6.10 Å². The summed E-state index contributed by atoms with van der Waals surface area (Å²) in [5.41, 5.74) is 0. The van der Waals surface area contributed by atoms with Gasteiger partial charge in [0.2, 0.25) is 0 Å². The summed E-state index contributed by atoms with van der Waals surface area (Å²) in [6.45, 7) is 6.18. The number of rotatable bonds is 11. The van der Waals surface area contributed by atoms with Crippen molar-refractivity contribution in [1.29, 1.82) is 0 Å². The van der Waals surface area contributed by atoms with Crippen LogP contribution in [0.4, 0.5) is 0 Å². The van der Waals surface area contributed by atoms with Crippen molar-refractivity contribution in [3.63, 3.8) is 0 Å². The third-order valence-electron chi connectivity index (χ3n) is 1.82. The Bertz CT molecular complexity index is 139. The number of aliphatic hydroxyl groups excluding tert-OH is 1. The largest absolute Gasteiger partial charge is 0.391 e. The maximum absolute atomic E-state index is 9.39. The third-order valence-corrected chi connectivity index (χ3v) is 1.82. The molecule has 1 unspecified atom stereocenters. The fourth-order valence-electron chi connectivity index (χ4n) is 0.975. The molecular formula is C11H22O4. The molecule has 0 aliphatic carbocycles. The van der Waals surface area contributed by atoms with Gasteiger partial charge in [0.1, 0.15) is 0 Å². The van der Waals surface area contributed by atoms with Gasteiger partial charge in [0, 0.05) is 7.11 Å². The van der Waals surface area contributed by atoms with E-state index in [4.69, 9.17) is 14.2 Å². The van der Waals surface area contributed by atoms with E-state index in [9.17, 15) is 5.11 Å². The molecule has 0 amide bonds. The van der Waals surface area contributed by atoms with Crippen molar-refractivity contribution in [2.45, 2.75) is 18.9 Å². The van der Waals surface area contributed by atoms with Crippen LogP contribution in [0.15, 0.2) is 12.7 Å². The SMILES string of the molecule is C=CCCC(O)COCCOCCOC. The first-order valence-electron chi connectivity index (χ1n) is 5.24. The second kappa shape index (κ2) is 11.7. The first-order valence-corrected chi connectivity index (χ1v) is 5.24. The Labute approximate surface area is 91.8 Å². The topological polar surface area (TPSA) is 47.9 Å². The molecule has 0 rings (SSSR count). The lowest BCUT2D eigenvalue weighted by Gasteiger charge is -2.10. The fourth-order valence-corrected chi connectivity index (χ4v) is 0.975. The minimum absolute atomic E-state index is 0.363. The summed E-state index contributed by atoms with van der Waals surface area (Å²) < 4.78 is 15.2. The standard InChI is InChI=1S/C11H22O4/c1-3-4-5-11(12)10-15-9-8-14-7-6-13-2/h3,11-12H,1,4-10H2,2H3. The van der Waals surface area contributed by atoms with Gasteiger partial charge in [0.25, 0.3) is 0 Å². The number of hydrogen-bond donors (Lipinski definition) is 1. The molecule has 4 heteroatoms. The molecule has 0 saturated carbocycles. The molecule has 0 spiro atoms. The zero-order chi connectivity index (χ0) is 11.4. The molecule has 4 nitrogen and oxygen atoms in total. The predicted octanol–water partition coefficient (Wildman–Crippen LogP) is 0.993. The molecule has 0 aromatic rings. The van der Waals surface area contributed by atoms with Crippen molar-refractivity contribution in [1.82, 2.24) is 0 Å². The molecule has 15 heavy (non-hydrogen) atoms. The molecule has 1 N–H and O–H groups in total. The second-order valence-corrected chi connectivity index (χ2v) is 3.20. The van der Waals surface area contributed by atoms with E-state index in [1.165, 1.54) is 0 Å². The molecule has 90 valence electrons. The predicted molar refractivity (Wildman–Crippen MR) is 59.0 cm³/mol. The molecule has 1 atom stereocenters. The summed E-state index contributed by atoms with van der Waals surface area (Å²) in [4.78, 5) is 0. The van der Waals surface area contributed by atoms with Crippen molar-refractivity contribution >= 4 is 0 Å². The van der Waals surface area contributed by atoms with E-state index in [1.807, 2.05) is 0 Å². The highest BCUT2D eigenvalue weighted by Gasteiger charge is 2.01. The summed E-state index contributed by atoms with van der Waals surface area (Å²) in [6, 6.07) is 0. The highest BCUT2D eigenvalue weighted by Crippen LogP contribution is 1.97. The lowest BCUT2D eigenvalue weighted by Crippen LogP contribution is -2.17. The maximum atomic E-state index is 9.39. The van der Waals surface area contributed by atoms with Gasteiger partial charge in [-0.25, -0.2) is 0 Å². The molecule has 0 aliphatic heterocycles. The van der Waals surface area contributed by atoms with Crippen LogP contribution < -0.4 is 0 Å². The average molecular weight is 218 g/mol. The van der Waals surface area contributed by atoms with E-state index in [-0.39, 0.29) is 0 Å². The van der Waals surface area contributed by atoms with Crippen molar-refractivity contribution in [2.75, 3.05) is 40.1 Å². The number of methoxy groups -OCH3 is 1. The van der Waals surface area contributed by atoms with Gasteiger partial charge in [0.05, 0.1) is 39.1 Å². The van der Waals surface area contributed by atoms with Gasteiger partial charge in [-0.2, -0.15) is 0 Å². The van der Waals surface area contributed by atoms with Gasteiger partial charge in [0.15, 0.2) is 0 Å². The minimum atomic E-state index is -0.401. The van der Waals surface area contributed by atoms with Gasteiger partial charge in [-0.15, -0.1) is 6.58 Å². The number of ether oxygens (including phenoxy) is 3. The molecule has 0 aromatic carbocycles. The van der Waals surface area contributed by atoms with Crippen LogP contribution in [0.2, 0.25) is 0 Å². The number of allylic oxidation sites excluding steroid dienone is 1. The molecule has 0 fully saturated rings. The summed E-state index contributed by atoms with van der Waals surface area (Å²) in [7, 11) is 1.63. The Morgan fingerprint density at radius 2 is 1.87 bits per heavy atom. The summed E-state index contributed by atoms with van der Waals surface area (Å²) in [6.07, 6.45) is 2.90. The monoisotopic (exact) mass is 218 g/mol. The lowest BCUT2D eigenvalue weighted by molar-refractivity contribution is -0.00686. The van der Waals surface area contributed by atoms with Crippen molar-refractivity contribution in [2.24, 2.45) is 0 Å². The Hall–Kier alpha value is -0.420. The maximum Gasteiger partial charge on any atom is 0.0776 e. The fraction of sp³-hybridized carbons (Fsp3) is 0.818. The normalized spacial score (nSPS) is 12.7. The molecule has 0 radical (unpaired) electrons. The molecule has 0 bridgehead atoms. The molecule has 0 aliphatic rings. The summed E-state index contributed by atoms with van der Waals surface area (Å²) >= 11 is 0. The average Bonchev–Trinajstić information content (AvgIpc) is 2.25. The van der Waals surface area contributed by atoms with Crippen LogP contribution in [-0.4, -0.2) is 51.4 Å². The van der Waals surface area contributed by atoms with Crippen molar-refractivity contribution in [3.05, 3.63) is 12.7 Å². The molecule has 0 aromatic heterocycles. The Morgan fingerprint density at radius 1 is 1.20 bits per heavy atom. The summed E-state index contributed by atoms with van der Waals surface area (Å²) in [5.74, 6) is 0.